The Kier molecular flexibility index (Phi) is 4.04. The number of rotatable bonds is 5. The van der Waals surface area contributed by atoms with Crippen LogP contribution in [0.5, 0.6) is 0 Å². The van der Waals surface area contributed by atoms with Crippen molar-refractivity contribution < 1.29 is 22.7 Å². The normalized spacial score (nSPS) is 15.1. The quantitative estimate of drug-likeness (QED) is 0.783. The van der Waals surface area contributed by atoms with Crippen LogP contribution in [0.25, 0.3) is 5.52 Å². The van der Waals surface area contributed by atoms with Gasteiger partial charge in [0.15, 0.2) is 0 Å². The van der Waals surface area contributed by atoms with Crippen LogP contribution in [-0.2, 0) is 11.2 Å². The number of alkyl halides is 3. The minimum atomic E-state index is -4.13. The van der Waals surface area contributed by atoms with Gasteiger partial charge in [-0.2, -0.15) is 18.3 Å². The van der Waals surface area contributed by atoms with E-state index in [0.717, 1.165) is 24.1 Å². The molecule has 0 saturated heterocycles. The Morgan fingerprint density at radius 2 is 2.13 bits per heavy atom. The highest BCUT2D eigenvalue weighted by molar-refractivity contribution is 5.96. The second-order valence-corrected chi connectivity index (χ2v) is 5.83. The van der Waals surface area contributed by atoms with E-state index in [4.69, 9.17) is 4.74 Å². The van der Waals surface area contributed by atoms with Crippen LogP contribution in [0.3, 0.4) is 0 Å². The van der Waals surface area contributed by atoms with Crippen LogP contribution in [0.1, 0.15) is 53.2 Å². The van der Waals surface area contributed by atoms with Gasteiger partial charge < -0.3 is 4.74 Å². The van der Waals surface area contributed by atoms with Gasteiger partial charge in [-0.25, -0.2) is 9.31 Å². The topological polar surface area (TPSA) is 43.6 Å². The van der Waals surface area contributed by atoms with E-state index in [2.05, 4.69) is 5.10 Å². The molecular formula is C16H17F3N2O2. The van der Waals surface area contributed by atoms with Crippen molar-refractivity contribution in [1.29, 1.82) is 0 Å². The van der Waals surface area contributed by atoms with E-state index in [1.54, 1.807) is 10.6 Å². The average molecular weight is 326 g/mol. The van der Waals surface area contributed by atoms with E-state index in [0.29, 0.717) is 23.4 Å². The van der Waals surface area contributed by atoms with E-state index in [-0.39, 0.29) is 6.42 Å². The van der Waals surface area contributed by atoms with Crippen molar-refractivity contribution in [2.45, 2.75) is 44.2 Å². The Morgan fingerprint density at radius 3 is 2.74 bits per heavy atom. The summed E-state index contributed by atoms with van der Waals surface area (Å²) in [7, 11) is 1.30. The smallest absolute Gasteiger partial charge is 0.389 e. The molecule has 23 heavy (non-hydrogen) atoms. The van der Waals surface area contributed by atoms with Crippen molar-refractivity contribution in [2.75, 3.05) is 7.11 Å². The number of esters is 1. The minimum absolute atomic E-state index is 0.0554. The molecule has 124 valence electrons. The van der Waals surface area contributed by atoms with Crippen molar-refractivity contribution in [1.82, 2.24) is 9.61 Å². The van der Waals surface area contributed by atoms with E-state index in [9.17, 15) is 18.0 Å². The number of nitrogens with zero attached hydrogens (tertiary/aromatic N) is 2. The maximum absolute atomic E-state index is 12.3. The zero-order valence-corrected chi connectivity index (χ0v) is 12.7. The molecule has 0 spiro atoms. The average Bonchev–Trinajstić information content (AvgIpc) is 3.23. The molecule has 7 heteroatoms. The molecule has 1 aliphatic rings. The summed E-state index contributed by atoms with van der Waals surface area (Å²) in [5.41, 5.74) is 2.82. The van der Waals surface area contributed by atoms with Crippen LogP contribution >= 0.6 is 0 Å². The molecule has 2 aromatic rings. The monoisotopic (exact) mass is 326 g/mol. The van der Waals surface area contributed by atoms with Crippen LogP contribution in [0, 0.1) is 0 Å². The van der Waals surface area contributed by atoms with E-state index < -0.39 is 18.6 Å². The summed E-state index contributed by atoms with van der Waals surface area (Å²) in [6, 6.07) is 3.54. The number of fused-ring (bicyclic) bond motifs is 1. The lowest BCUT2D eigenvalue weighted by atomic mass is 10.0. The Labute approximate surface area is 131 Å². The van der Waals surface area contributed by atoms with Gasteiger partial charge in [0.1, 0.15) is 5.56 Å². The van der Waals surface area contributed by atoms with E-state index in [1.165, 1.54) is 13.3 Å². The van der Waals surface area contributed by atoms with Gasteiger partial charge in [0.2, 0.25) is 0 Å². The van der Waals surface area contributed by atoms with Crippen LogP contribution in [0.4, 0.5) is 13.2 Å². The molecule has 2 aromatic heterocycles. The van der Waals surface area contributed by atoms with Gasteiger partial charge in [-0.3, -0.25) is 0 Å². The molecule has 3 rings (SSSR count). The standard InChI is InChI=1S/C16H17F3N2O2/c1-23-15(22)12-9-20-21-13(12)7-6-10(14(21)11-4-5-11)3-2-8-16(17,18)19/h6-7,9,11H,2-5,8H2,1H3. The first-order valence-corrected chi connectivity index (χ1v) is 7.55. The van der Waals surface area contributed by atoms with E-state index in [1.807, 2.05) is 6.07 Å². The molecule has 1 fully saturated rings. The fourth-order valence-electron chi connectivity index (χ4n) is 2.86. The number of methoxy groups -OCH3 is 1. The summed E-state index contributed by atoms with van der Waals surface area (Å²) in [5, 5.41) is 4.26. The second-order valence-electron chi connectivity index (χ2n) is 5.83. The molecule has 0 aromatic carbocycles. The summed E-state index contributed by atoms with van der Waals surface area (Å²) in [5.74, 6) is -0.156. The lowest BCUT2D eigenvalue weighted by molar-refractivity contribution is -0.135. The zero-order valence-electron chi connectivity index (χ0n) is 12.7. The minimum Gasteiger partial charge on any atom is -0.465 e. The van der Waals surface area contributed by atoms with Crippen molar-refractivity contribution >= 4 is 11.5 Å². The van der Waals surface area contributed by atoms with Gasteiger partial charge in [0.25, 0.3) is 0 Å². The first kappa shape index (κ1) is 15.8. The fourth-order valence-corrected chi connectivity index (χ4v) is 2.86. The summed E-state index contributed by atoms with van der Waals surface area (Å²) in [6.07, 6.45) is -1.06. The van der Waals surface area contributed by atoms with Crippen LogP contribution in [-0.4, -0.2) is 28.9 Å². The Morgan fingerprint density at radius 1 is 1.39 bits per heavy atom. The number of carbonyl (C=O) groups excluding carboxylic acids is 1. The van der Waals surface area contributed by atoms with Gasteiger partial charge in [-0.05, 0) is 37.3 Å². The van der Waals surface area contributed by atoms with Crippen molar-refractivity contribution in [3.63, 3.8) is 0 Å². The Bertz CT molecular complexity index is 733. The third kappa shape index (κ3) is 3.33. The molecule has 0 radical (unpaired) electrons. The van der Waals surface area contributed by atoms with Crippen molar-refractivity contribution in [3.8, 4) is 0 Å². The molecular weight excluding hydrogens is 309 g/mol. The highest BCUT2D eigenvalue weighted by Crippen LogP contribution is 2.42. The third-order valence-electron chi connectivity index (χ3n) is 4.08. The first-order chi connectivity index (χ1) is 10.9. The number of pyridine rings is 1. The highest BCUT2D eigenvalue weighted by Gasteiger charge is 2.31. The molecule has 0 atom stereocenters. The molecule has 0 bridgehead atoms. The molecule has 0 N–H and O–H groups in total. The molecule has 0 aliphatic heterocycles. The van der Waals surface area contributed by atoms with Gasteiger partial charge >= 0.3 is 12.1 Å². The van der Waals surface area contributed by atoms with Gasteiger partial charge in [-0.1, -0.05) is 6.07 Å². The summed E-state index contributed by atoms with van der Waals surface area (Å²) in [6.45, 7) is 0. The number of hydrogen-bond acceptors (Lipinski definition) is 3. The molecule has 0 amide bonds. The third-order valence-corrected chi connectivity index (χ3v) is 4.08. The largest absolute Gasteiger partial charge is 0.465 e. The predicted molar refractivity (Wildman–Crippen MR) is 77.5 cm³/mol. The maximum Gasteiger partial charge on any atom is 0.389 e. The number of hydrogen-bond donors (Lipinski definition) is 0. The SMILES string of the molecule is COC(=O)c1cnn2c(C3CC3)c(CCCC(F)(F)F)ccc12. The molecule has 0 unspecified atom stereocenters. The summed E-state index contributed by atoms with van der Waals surface area (Å²) < 4.78 is 43.5. The first-order valence-electron chi connectivity index (χ1n) is 7.55. The second kappa shape index (κ2) is 5.86. The molecule has 1 saturated carbocycles. The molecule has 4 nitrogen and oxygen atoms in total. The Hall–Kier alpha value is -2.05. The maximum atomic E-state index is 12.3. The lowest BCUT2D eigenvalue weighted by Crippen LogP contribution is -2.09. The number of halogens is 3. The summed E-state index contributed by atoms with van der Waals surface area (Å²) in [4.78, 5) is 11.8. The van der Waals surface area contributed by atoms with Crippen LogP contribution in [0.2, 0.25) is 0 Å². The predicted octanol–water partition coefficient (Wildman–Crippen LogP) is 3.88. The fraction of sp³-hybridized carbons (Fsp3) is 0.500. The molecule has 1 aliphatic carbocycles. The summed E-state index contributed by atoms with van der Waals surface area (Å²) >= 11 is 0. The number of ether oxygens (including phenoxy) is 1. The van der Waals surface area contributed by atoms with Gasteiger partial charge in [0, 0.05) is 18.0 Å². The number of aryl methyl sites for hydroxylation is 1. The number of aromatic nitrogens is 2. The zero-order chi connectivity index (χ0) is 16.6. The highest BCUT2D eigenvalue weighted by atomic mass is 19.4. The Balaban J connectivity index is 1.93. The van der Waals surface area contributed by atoms with Gasteiger partial charge in [0.05, 0.1) is 18.8 Å². The number of carbonyl (C=O) groups is 1. The van der Waals surface area contributed by atoms with Crippen LogP contribution in [0.15, 0.2) is 18.3 Å². The molecule has 2 heterocycles. The van der Waals surface area contributed by atoms with Crippen LogP contribution < -0.4 is 0 Å². The van der Waals surface area contributed by atoms with E-state index >= 15 is 0 Å². The van der Waals surface area contributed by atoms with Gasteiger partial charge in [-0.15, -0.1) is 0 Å². The van der Waals surface area contributed by atoms with Crippen molar-refractivity contribution in [2.24, 2.45) is 0 Å². The lowest BCUT2D eigenvalue weighted by Gasteiger charge is -2.12. The van der Waals surface area contributed by atoms with Crippen molar-refractivity contribution in [3.05, 3.63) is 35.2 Å².